The van der Waals surface area contributed by atoms with Gasteiger partial charge in [-0.25, -0.2) is 4.79 Å². The van der Waals surface area contributed by atoms with Crippen LogP contribution in [0.4, 0.5) is 4.79 Å². The second-order valence-electron chi connectivity index (χ2n) is 9.04. The maximum Gasteiger partial charge on any atom is 0.407 e. The van der Waals surface area contributed by atoms with E-state index < -0.39 is 6.09 Å². The van der Waals surface area contributed by atoms with E-state index in [0.29, 0.717) is 36.9 Å². The molecular formula is C20H33N3O3. The minimum absolute atomic E-state index is 0.274. The number of carbonyl (C=O) groups excluding carboxylic acids is 1. The lowest BCUT2D eigenvalue weighted by molar-refractivity contribution is -0.133. The van der Waals surface area contributed by atoms with Gasteiger partial charge in [0.05, 0.1) is 0 Å². The van der Waals surface area contributed by atoms with Crippen molar-refractivity contribution >= 4 is 12.0 Å². The number of hydrogen-bond donors (Lipinski definition) is 1. The van der Waals surface area contributed by atoms with Crippen molar-refractivity contribution in [2.75, 3.05) is 32.7 Å². The van der Waals surface area contributed by atoms with Crippen molar-refractivity contribution in [3.63, 3.8) is 0 Å². The molecule has 4 rings (SSSR count). The number of carbonyl (C=O) groups is 2. The Morgan fingerprint density at radius 2 is 1.81 bits per heavy atom. The second kappa shape index (κ2) is 7.02. The van der Waals surface area contributed by atoms with Crippen LogP contribution >= 0.6 is 0 Å². The molecule has 0 bridgehead atoms. The summed E-state index contributed by atoms with van der Waals surface area (Å²) in [5, 5.41) is 9.18. The summed E-state index contributed by atoms with van der Waals surface area (Å²) < 4.78 is 0. The highest BCUT2D eigenvalue weighted by atomic mass is 16.4. The Labute approximate surface area is 156 Å². The summed E-state index contributed by atoms with van der Waals surface area (Å²) in [6, 6.07) is 1.14. The molecule has 3 saturated heterocycles. The molecule has 0 radical (unpaired) electrons. The molecule has 2 amide bonds. The first-order valence-corrected chi connectivity index (χ1v) is 10.5. The van der Waals surface area contributed by atoms with E-state index in [-0.39, 0.29) is 5.41 Å². The third kappa shape index (κ3) is 3.21. The average molecular weight is 364 g/mol. The largest absolute Gasteiger partial charge is 0.465 e. The number of hydrogen-bond acceptors (Lipinski definition) is 3. The first-order chi connectivity index (χ1) is 12.5. The van der Waals surface area contributed by atoms with Gasteiger partial charge in [-0.15, -0.1) is 0 Å². The van der Waals surface area contributed by atoms with Crippen LogP contribution in [-0.2, 0) is 4.79 Å². The molecule has 4 aliphatic rings. The van der Waals surface area contributed by atoms with Crippen LogP contribution in [0.2, 0.25) is 0 Å². The van der Waals surface area contributed by atoms with Crippen LogP contribution in [0.1, 0.15) is 58.3 Å². The Balaban J connectivity index is 1.25. The number of rotatable bonds is 3. The molecule has 0 aromatic rings. The number of piperidine rings is 1. The highest BCUT2D eigenvalue weighted by molar-refractivity contribution is 5.76. The third-order valence-electron chi connectivity index (χ3n) is 7.60. The number of carboxylic acid groups (broad SMARTS) is 1. The van der Waals surface area contributed by atoms with Crippen LogP contribution in [0, 0.1) is 11.3 Å². The van der Waals surface area contributed by atoms with E-state index in [2.05, 4.69) is 9.80 Å². The maximum atomic E-state index is 12.2. The van der Waals surface area contributed by atoms with E-state index >= 15 is 0 Å². The molecule has 1 atom stereocenters. The molecule has 0 unspecified atom stereocenters. The van der Waals surface area contributed by atoms with Gasteiger partial charge in [0.15, 0.2) is 0 Å². The summed E-state index contributed by atoms with van der Waals surface area (Å²) in [5.74, 6) is 1.01. The van der Waals surface area contributed by atoms with Crippen molar-refractivity contribution in [3.05, 3.63) is 0 Å². The Bertz CT molecular complexity index is 553. The number of nitrogens with zero attached hydrogens (tertiary/aromatic N) is 3. The molecule has 26 heavy (non-hydrogen) atoms. The Kier molecular flexibility index (Phi) is 4.88. The van der Waals surface area contributed by atoms with Crippen molar-refractivity contribution in [1.82, 2.24) is 14.7 Å². The molecular weight excluding hydrogens is 330 g/mol. The van der Waals surface area contributed by atoms with Gasteiger partial charge in [-0.05, 0) is 69.4 Å². The van der Waals surface area contributed by atoms with Gasteiger partial charge in [0.2, 0.25) is 5.91 Å². The van der Waals surface area contributed by atoms with Gasteiger partial charge in [0.25, 0.3) is 0 Å². The quantitative estimate of drug-likeness (QED) is 0.837. The van der Waals surface area contributed by atoms with Gasteiger partial charge in [0, 0.05) is 38.1 Å². The Hall–Kier alpha value is -1.30. The van der Waals surface area contributed by atoms with Crippen LogP contribution < -0.4 is 0 Å². The summed E-state index contributed by atoms with van der Waals surface area (Å²) in [4.78, 5) is 29.7. The third-order valence-corrected chi connectivity index (χ3v) is 7.60. The highest BCUT2D eigenvalue weighted by Gasteiger charge is 2.51. The van der Waals surface area contributed by atoms with Gasteiger partial charge in [-0.2, -0.15) is 0 Å². The maximum absolute atomic E-state index is 12.2. The molecule has 6 heteroatoms. The molecule has 1 N–H and O–H groups in total. The van der Waals surface area contributed by atoms with Gasteiger partial charge < -0.3 is 19.8 Å². The highest BCUT2D eigenvalue weighted by Crippen LogP contribution is 2.50. The molecule has 3 aliphatic heterocycles. The van der Waals surface area contributed by atoms with Crippen molar-refractivity contribution in [2.45, 2.75) is 70.4 Å². The summed E-state index contributed by atoms with van der Waals surface area (Å²) in [5.41, 5.74) is 0.274. The van der Waals surface area contributed by atoms with Gasteiger partial charge >= 0.3 is 6.09 Å². The fraction of sp³-hybridized carbons (Fsp3) is 0.900. The first kappa shape index (κ1) is 18.1. The predicted octanol–water partition coefficient (Wildman–Crippen LogP) is 2.63. The molecule has 0 aromatic heterocycles. The molecule has 0 aromatic carbocycles. The molecule has 1 saturated carbocycles. The van der Waals surface area contributed by atoms with Gasteiger partial charge in [0.1, 0.15) is 0 Å². The Morgan fingerprint density at radius 1 is 1.08 bits per heavy atom. The summed E-state index contributed by atoms with van der Waals surface area (Å²) >= 11 is 0. The van der Waals surface area contributed by atoms with E-state index in [9.17, 15) is 14.7 Å². The lowest BCUT2D eigenvalue weighted by Crippen LogP contribution is -2.55. The molecule has 3 heterocycles. The lowest BCUT2D eigenvalue weighted by atomic mass is 9.64. The van der Waals surface area contributed by atoms with Crippen LogP contribution in [-0.4, -0.2) is 76.6 Å². The van der Waals surface area contributed by atoms with Crippen molar-refractivity contribution in [1.29, 1.82) is 0 Å². The first-order valence-electron chi connectivity index (χ1n) is 10.5. The molecule has 1 aliphatic carbocycles. The molecule has 146 valence electrons. The monoisotopic (exact) mass is 363 g/mol. The van der Waals surface area contributed by atoms with Gasteiger partial charge in [-0.1, -0.05) is 6.92 Å². The van der Waals surface area contributed by atoms with Crippen LogP contribution in [0.25, 0.3) is 0 Å². The summed E-state index contributed by atoms with van der Waals surface area (Å²) in [7, 11) is 0. The minimum atomic E-state index is -0.756. The van der Waals surface area contributed by atoms with E-state index in [1.807, 2.05) is 6.92 Å². The molecule has 6 nitrogen and oxygen atoms in total. The SMILES string of the molecule is CCC(=O)N1CCC[C@H]1C1CCN(C2CC3(CCN(C(=O)O)C3)C2)CC1. The average Bonchev–Trinajstić information content (AvgIpc) is 3.27. The standard InChI is InChI=1S/C20H33N3O3/c1-2-18(24)23-8-3-4-17(23)15-5-9-21(10-6-15)16-12-20(13-16)7-11-22(14-20)19(25)26/h15-17H,2-14H2,1H3,(H,25,26)/t16?,17-,20?/m0/s1. The Morgan fingerprint density at radius 3 is 2.42 bits per heavy atom. The zero-order valence-corrected chi connectivity index (χ0v) is 16.0. The van der Waals surface area contributed by atoms with Crippen LogP contribution in [0.5, 0.6) is 0 Å². The fourth-order valence-corrected chi connectivity index (χ4v) is 6.09. The van der Waals surface area contributed by atoms with E-state index in [1.54, 1.807) is 4.90 Å². The zero-order chi connectivity index (χ0) is 18.3. The topological polar surface area (TPSA) is 64.1 Å². The van der Waals surface area contributed by atoms with Crippen LogP contribution in [0.3, 0.4) is 0 Å². The lowest BCUT2D eigenvalue weighted by Gasteiger charge is -2.52. The number of amides is 2. The number of likely N-dealkylation sites (tertiary alicyclic amines) is 3. The zero-order valence-electron chi connectivity index (χ0n) is 16.0. The molecule has 4 fully saturated rings. The van der Waals surface area contributed by atoms with E-state index in [1.165, 1.54) is 38.5 Å². The van der Waals surface area contributed by atoms with Crippen LogP contribution in [0.15, 0.2) is 0 Å². The van der Waals surface area contributed by atoms with Gasteiger partial charge in [-0.3, -0.25) is 4.79 Å². The van der Waals surface area contributed by atoms with E-state index in [0.717, 1.165) is 32.6 Å². The smallest absolute Gasteiger partial charge is 0.407 e. The second-order valence-corrected chi connectivity index (χ2v) is 9.04. The summed E-state index contributed by atoms with van der Waals surface area (Å²) in [6.07, 6.45) is 8.04. The predicted molar refractivity (Wildman–Crippen MR) is 99.0 cm³/mol. The molecule has 1 spiro atoms. The summed E-state index contributed by atoms with van der Waals surface area (Å²) in [6.45, 7) is 6.69. The van der Waals surface area contributed by atoms with Crippen molar-refractivity contribution < 1.29 is 14.7 Å². The van der Waals surface area contributed by atoms with E-state index in [4.69, 9.17) is 0 Å². The van der Waals surface area contributed by atoms with Crippen molar-refractivity contribution in [3.8, 4) is 0 Å². The van der Waals surface area contributed by atoms with Crippen molar-refractivity contribution in [2.24, 2.45) is 11.3 Å². The fourth-order valence-electron chi connectivity index (χ4n) is 6.09. The normalized spacial score (nSPS) is 35.9. The minimum Gasteiger partial charge on any atom is -0.465 e.